The highest BCUT2D eigenvalue weighted by molar-refractivity contribution is 5.83. The predicted octanol–water partition coefficient (Wildman–Crippen LogP) is 2.40. The summed E-state index contributed by atoms with van der Waals surface area (Å²) in [5.74, 6) is 0.0143. The quantitative estimate of drug-likeness (QED) is 0.620. The van der Waals surface area contributed by atoms with E-state index in [0.717, 1.165) is 18.4 Å². The Bertz CT molecular complexity index is 558. The number of nitrogens with one attached hydrogen (secondary N) is 2. The number of amides is 2. The lowest BCUT2D eigenvalue weighted by molar-refractivity contribution is -0.143. The standard InChI is InChI=1S/C20H30N2O4/c1-26-19(24)18(13-16-10-6-3-7-11-16)22-20(25)21-17(14-23)12-15-8-4-2-5-9-15/h2,4-5,8-9,16-18,23H,3,6-7,10-14H2,1H3,(H2,21,22,25)/t17-,18+/m1/s1. The van der Waals surface area contributed by atoms with Gasteiger partial charge in [-0.25, -0.2) is 9.59 Å². The normalized spacial score (nSPS) is 17.2. The van der Waals surface area contributed by atoms with Crippen LogP contribution in [0, 0.1) is 5.92 Å². The minimum atomic E-state index is -0.654. The van der Waals surface area contributed by atoms with Crippen LogP contribution in [0.1, 0.15) is 44.1 Å². The second-order valence-corrected chi connectivity index (χ2v) is 7.00. The summed E-state index contributed by atoms with van der Waals surface area (Å²) in [5, 5.41) is 15.0. The number of esters is 1. The molecule has 1 aliphatic carbocycles. The second-order valence-electron chi connectivity index (χ2n) is 7.00. The maximum absolute atomic E-state index is 12.3. The first-order chi connectivity index (χ1) is 12.6. The molecule has 0 spiro atoms. The molecule has 3 N–H and O–H groups in total. The molecule has 1 aliphatic rings. The van der Waals surface area contributed by atoms with E-state index < -0.39 is 24.1 Å². The highest BCUT2D eigenvalue weighted by Gasteiger charge is 2.27. The first-order valence-corrected chi connectivity index (χ1v) is 9.42. The van der Waals surface area contributed by atoms with Crippen molar-refractivity contribution >= 4 is 12.0 Å². The lowest BCUT2D eigenvalue weighted by Gasteiger charge is -2.26. The van der Waals surface area contributed by atoms with Crippen molar-refractivity contribution in [2.45, 2.75) is 57.0 Å². The number of urea groups is 1. The van der Waals surface area contributed by atoms with Crippen LogP contribution in [0.4, 0.5) is 4.79 Å². The Kier molecular flexibility index (Phi) is 8.41. The molecule has 144 valence electrons. The minimum Gasteiger partial charge on any atom is -0.467 e. The fourth-order valence-corrected chi connectivity index (χ4v) is 3.56. The minimum absolute atomic E-state index is 0.173. The summed E-state index contributed by atoms with van der Waals surface area (Å²) >= 11 is 0. The zero-order chi connectivity index (χ0) is 18.8. The number of carbonyl (C=O) groups is 2. The molecule has 0 bridgehead atoms. The number of hydrogen-bond acceptors (Lipinski definition) is 4. The SMILES string of the molecule is COC(=O)[C@H](CC1CCCCC1)NC(=O)N[C@@H](CO)Cc1ccccc1. The summed E-state index contributed by atoms with van der Waals surface area (Å²) in [6.07, 6.45) is 6.89. The number of carbonyl (C=O) groups excluding carboxylic acids is 2. The molecule has 2 atom stereocenters. The van der Waals surface area contributed by atoms with Gasteiger partial charge in [-0.1, -0.05) is 62.4 Å². The van der Waals surface area contributed by atoms with Crippen molar-refractivity contribution < 1.29 is 19.4 Å². The lowest BCUT2D eigenvalue weighted by atomic mass is 9.85. The van der Waals surface area contributed by atoms with Gasteiger partial charge in [-0.05, 0) is 24.3 Å². The van der Waals surface area contributed by atoms with Gasteiger partial charge >= 0.3 is 12.0 Å². The van der Waals surface area contributed by atoms with Gasteiger partial charge in [-0.2, -0.15) is 0 Å². The Balaban J connectivity index is 1.88. The number of aliphatic hydroxyl groups excluding tert-OH is 1. The topological polar surface area (TPSA) is 87.7 Å². The molecule has 6 heteroatoms. The molecule has 6 nitrogen and oxygen atoms in total. The van der Waals surface area contributed by atoms with E-state index in [1.54, 1.807) is 0 Å². The fraction of sp³-hybridized carbons (Fsp3) is 0.600. The highest BCUT2D eigenvalue weighted by Crippen LogP contribution is 2.27. The van der Waals surface area contributed by atoms with Crippen LogP contribution >= 0.6 is 0 Å². The molecule has 0 unspecified atom stereocenters. The molecular weight excluding hydrogens is 332 g/mol. The number of methoxy groups -OCH3 is 1. The van der Waals surface area contributed by atoms with Gasteiger partial charge in [-0.15, -0.1) is 0 Å². The maximum atomic E-state index is 12.3. The largest absolute Gasteiger partial charge is 0.467 e. The summed E-state index contributed by atoms with van der Waals surface area (Å²) in [6.45, 7) is -0.173. The molecule has 0 heterocycles. The molecule has 2 amide bonds. The molecule has 1 saturated carbocycles. The first-order valence-electron chi connectivity index (χ1n) is 9.42. The van der Waals surface area contributed by atoms with Gasteiger partial charge in [0.15, 0.2) is 0 Å². The van der Waals surface area contributed by atoms with Crippen molar-refractivity contribution in [1.29, 1.82) is 0 Å². The number of benzene rings is 1. The number of ether oxygens (including phenoxy) is 1. The lowest BCUT2D eigenvalue weighted by Crippen LogP contribution is -2.51. The molecule has 2 rings (SSSR count). The van der Waals surface area contributed by atoms with Crippen molar-refractivity contribution in [3.8, 4) is 0 Å². The Labute approximate surface area is 155 Å². The first kappa shape index (κ1) is 20.2. The second kappa shape index (κ2) is 10.8. The predicted molar refractivity (Wildman–Crippen MR) is 99.7 cm³/mol. The fourth-order valence-electron chi connectivity index (χ4n) is 3.56. The van der Waals surface area contributed by atoms with E-state index in [4.69, 9.17) is 4.74 Å². The summed E-state index contributed by atoms with van der Waals surface area (Å²) in [7, 11) is 1.34. The smallest absolute Gasteiger partial charge is 0.328 e. The summed E-state index contributed by atoms with van der Waals surface area (Å²) in [6, 6.07) is 8.13. The van der Waals surface area contributed by atoms with Gasteiger partial charge in [0, 0.05) is 0 Å². The van der Waals surface area contributed by atoms with Gasteiger partial charge in [0.05, 0.1) is 19.8 Å². The van der Waals surface area contributed by atoms with E-state index in [-0.39, 0.29) is 6.61 Å². The van der Waals surface area contributed by atoms with Crippen LogP contribution in [0.25, 0.3) is 0 Å². The molecule has 0 aliphatic heterocycles. The Morgan fingerprint density at radius 1 is 1.15 bits per heavy atom. The molecule has 0 aromatic heterocycles. The third-order valence-corrected chi connectivity index (χ3v) is 4.97. The average molecular weight is 362 g/mol. The van der Waals surface area contributed by atoms with Gasteiger partial charge in [0.25, 0.3) is 0 Å². The molecule has 26 heavy (non-hydrogen) atoms. The monoisotopic (exact) mass is 362 g/mol. The zero-order valence-corrected chi connectivity index (χ0v) is 15.4. The van der Waals surface area contributed by atoms with Crippen molar-refractivity contribution in [2.24, 2.45) is 5.92 Å². The van der Waals surface area contributed by atoms with E-state index in [2.05, 4.69) is 10.6 Å². The van der Waals surface area contributed by atoms with Crippen LogP contribution in [0.5, 0.6) is 0 Å². The molecule has 1 fully saturated rings. The molecule has 1 aromatic carbocycles. The van der Waals surface area contributed by atoms with Gasteiger partial charge in [0.2, 0.25) is 0 Å². The molecule has 0 saturated heterocycles. The zero-order valence-electron chi connectivity index (χ0n) is 15.4. The number of aliphatic hydroxyl groups is 1. The van der Waals surface area contributed by atoms with E-state index in [9.17, 15) is 14.7 Å². The van der Waals surface area contributed by atoms with Crippen molar-refractivity contribution in [1.82, 2.24) is 10.6 Å². The van der Waals surface area contributed by atoms with E-state index in [0.29, 0.717) is 18.8 Å². The van der Waals surface area contributed by atoms with Crippen LogP contribution in [0.3, 0.4) is 0 Å². The van der Waals surface area contributed by atoms with Crippen molar-refractivity contribution in [3.63, 3.8) is 0 Å². The number of rotatable bonds is 8. The van der Waals surface area contributed by atoms with Gasteiger partial charge in [0.1, 0.15) is 6.04 Å². The van der Waals surface area contributed by atoms with E-state index in [1.807, 2.05) is 30.3 Å². The third-order valence-electron chi connectivity index (χ3n) is 4.97. The molecule has 0 radical (unpaired) electrons. The number of hydrogen-bond donors (Lipinski definition) is 3. The summed E-state index contributed by atoms with van der Waals surface area (Å²) in [4.78, 5) is 24.4. The Morgan fingerprint density at radius 3 is 2.46 bits per heavy atom. The average Bonchev–Trinajstić information content (AvgIpc) is 2.68. The maximum Gasteiger partial charge on any atom is 0.328 e. The van der Waals surface area contributed by atoms with Crippen molar-refractivity contribution in [3.05, 3.63) is 35.9 Å². The van der Waals surface area contributed by atoms with Crippen molar-refractivity contribution in [2.75, 3.05) is 13.7 Å². The third kappa shape index (κ3) is 6.67. The van der Waals surface area contributed by atoms with Crippen LogP contribution in [0.15, 0.2) is 30.3 Å². The van der Waals surface area contributed by atoms with Crippen LogP contribution < -0.4 is 10.6 Å². The van der Waals surface area contributed by atoms with E-state index in [1.165, 1.54) is 26.4 Å². The molecular formula is C20H30N2O4. The van der Waals surface area contributed by atoms with Gasteiger partial charge in [-0.3, -0.25) is 0 Å². The van der Waals surface area contributed by atoms with Crippen LogP contribution in [0.2, 0.25) is 0 Å². The van der Waals surface area contributed by atoms with Gasteiger partial charge < -0.3 is 20.5 Å². The summed E-state index contributed by atoms with van der Waals surface area (Å²) < 4.78 is 4.85. The Morgan fingerprint density at radius 2 is 1.85 bits per heavy atom. The highest BCUT2D eigenvalue weighted by atomic mass is 16.5. The summed E-state index contributed by atoms with van der Waals surface area (Å²) in [5.41, 5.74) is 1.03. The van der Waals surface area contributed by atoms with E-state index >= 15 is 0 Å². The van der Waals surface area contributed by atoms with Crippen LogP contribution in [-0.2, 0) is 16.0 Å². The Hall–Kier alpha value is -2.08. The van der Waals surface area contributed by atoms with Crippen LogP contribution in [-0.4, -0.2) is 42.9 Å². The molecule has 1 aromatic rings.